The van der Waals surface area contributed by atoms with E-state index >= 15 is 0 Å². The van der Waals surface area contributed by atoms with Crippen LogP contribution in [0.25, 0.3) is 0 Å². The number of benzene rings is 3. The van der Waals surface area contributed by atoms with Crippen molar-refractivity contribution < 1.29 is 9.94 Å². The van der Waals surface area contributed by atoms with Gasteiger partial charge in [-0.25, -0.2) is 0 Å². The van der Waals surface area contributed by atoms with Gasteiger partial charge in [0.2, 0.25) is 0 Å². The second-order valence-corrected chi connectivity index (χ2v) is 5.11. The molecule has 0 radical (unpaired) electrons. The molecule has 114 valence electrons. The van der Waals surface area contributed by atoms with E-state index in [0.29, 0.717) is 12.3 Å². The van der Waals surface area contributed by atoms with E-state index in [2.05, 4.69) is 5.16 Å². The highest BCUT2D eigenvalue weighted by Crippen LogP contribution is 2.17. The van der Waals surface area contributed by atoms with Crippen molar-refractivity contribution in [3.8, 4) is 5.75 Å². The van der Waals surface area contributed by atoms with Crippen LogP contribution in [-0.2, 0) is 6.61 Å². The minimum atomic E-state index is 0.528. The molecule has 3 rings (SSSR count). The van der Waals surface area contributed by atoms with Crippen LogP contribution in [0.3, 0.4) is 0 Å². The van der Waals surface area contributed by atoms with Gasteiger partial charge in [-0.05, 0) is 29.8 Å². The predicted molar refractivity (Wildman–Crippen MR) is 91.1 cm³/mol. The van der Waals surface area contributed by atoms with Gasteiger partial charge in [-0.1, -0.05) is 65.8 Å². The number of nitrogens with zero attached hydrogens (tertiary/aromatic N) is 1. The first-order valence-corrected chi connectivity index (χ1v) is 7.41. The normalized spacial score (nSPS) is 11.2. The molecule has 0 fully saturated rings. The van der Waals surface area contributed by atoms with Crippen molar-refractivity contribution >= 4 is 5.71 Å². The van der Waals surface area contributed by atoms with E-state index in [9.17, 15) is 5.21 Å². The zero-order valence-corrected chi connectivity index (χ0v) is 12.6. The fourth-order valence-corrected chi connectivity index (χ4v) is 2.33. The third-order valence-electron chi connectivity index (χ3n) is 3.52. The number of hydrogen-bond donors (Lipinski definition) is 1. The molecule has 0 aliphatic carbocycles. The van der Waals surface area contributed by atoms with Gasteiger partial charge in [-0.15, -0.1) is 0 Å². The van der Waals surface area contributed by atoms with Gasteiger partial charge in [0, 0.05) is 11.1 Å². The summed E-state index contributed by atoms with van der Waals surface area (Å²) in [5, 5.41) is 12.7. The summed E-state index contributed by atoms with van der Waals surface area (Å²) in [6.45, 7) is 0.528. The highest BCUT2D eigenvalue weighted by atomic mass is 16.5. The molecule has 1 N–H and O–H groups in total. The topological polar surface area (TPSA) is 41.8 Å². The predicted octanol–water partition coefficient (Wildman–Crippen LogP) is 4.49. The summed E-state index contributed by atoms with van der Waals surface area (Å²) in [4.78, 5) is 0. The maximum atomic E-state index is 9.31. The van der Waals surface area contributed by atoms with Crippen molar-refractivity contribution in [3.63, 3.8) is 0 Å². The lowest BCUT2D eigenvalue weighted by Gasteiger charge is -2.08. The Morgan fingerprint density at radius 1 is 0.739 bits per heavy atom. The monoisotopic (exact) mass is 303 g/mol. The minimum absolute atomic E-state index is 0.528. The van der Waals surface area contributed by atoms with Crippen LogP contribution in [0.15, 0.2) is 90.1 Å². The molecule has 0 aliphatic rings. The zero-order valence-electron chi connectivity index (χ0n) is 12.6. The van der Waals surface area contributed by atoms with Gasteiger partial charge in [0.05, 0.1) is 0 Å². The molecule has 0 spiro atoms. The number of hydrogen-bond acceptors (Lipinski definition) is 3. The molecule has 23 heavy (non-hydrogen) atoms. The van der Waals surface area contributed by atoms with Gasteiger partial charge in [0.25, 0.3) is 0 Å². The summed E-state index contributed by atoms with van der Waals surface area (Å²) >= 11 is 0. The van der Waals surface area contributed by atoms with Crippen LogP contribution >= 0.6 is 0 Å². The first-order valence-electron chi connectivity index (χ1n) is 7.41. The number of rotatable bonds is 5. The lowest BCUT2D eigenvalue weighted by Crippen LogP contribution is -2.03. The van der Waals surface area contributed by atoms with E-state index in [1.54, 1.807) is 0 Å². The molecule has 0 saturated heterocycles. The first-order chi connectivity index (χ1) is 11.4. The molecule has 0 saturated carbocycles. The molecule has 0 heterocycles. The fourth-order valence-electron chi connectivity index (χ4n) is 2.33. The quantitative estimate of drug-likeness (QED) is 0.428. The van der Waals surface area contributed by atoms with Crippen LogP contribution in [0.2, 0.25) is 0 Å². The van der Waals surface area contributed by atoms with Crippen molar-refractivity contribution in [2.75, 3.05) is 0 Å². The average molecular weight is 303 g/mol. The third-order valence-corrected chi connectivity index (χ3v) is 3.52. The van der Waals surface area contributed by atoms with Gasteiger partial charge in [0.1, 0.15) is 18.1 Å². The van der Waals surface area contributed by atoms with E-state index in [-0.39, 0.29) is 0 Å². The largest absolute Gasteiger partial charge is 0.489 e. The summed E-state index contributed by atoms with van der Waals surface area (Å²) < 4.78 is 5.76. The van der Waals surface area contributed by atoms with Gasteiger partial charge < -0.3 is 9.94 Å². The van der Waals surface area contributed by atoms with Crippen LogP contribution in [0, 0.1) is 0 Å². The summed E-state index contributed by atoms with van der Waals surface area (Å²) in [5.74, 6) is 0.781. The molecule has 0 unspecified atom stereocenters. The van der Waals surface area contributed by atoms with Crippen LogP contribution in [0.1, 0.15) is 16.7 Å². The minimum Gasteiger partial charge on any atom is -0.489 e. The maximum absolute atomic E-state index is 9.31. The summed E-state index contributed by atoms with van der Waals surface area (Å²) in [6, 6.07) is 27.2. The molecule has 3 nitrogen and oxygen atoms in total. The second kappa shape index (κ2) is 7.27. The smallest absolute Gasteiger partial charge is 0.119 e. The maximum Gasteiger partial charge on any atom is 0.119 e. The third kappa shape index (κ3) is 3.77. The highest BCUT2D eigenvalue weighted by Gasteiger charge is 2.07. The van der Waals surface area contributed by atoms with Crippen molar-refractivity contribution in [1.29, 1.82) is 0 Å². The SMILES string of the molecule is O/N=C(\c1ccccc1)c1ccc(OCc2ccccc2)cc1. The lowest BCUT2D eigenvalue weighted by molar-refractivity contribution is 0.306. The molecule has 0 atom stereocenters. The Morgan fingerprint density at radius 2 is 1.30 bits per heavy atom. The molecule has 3 heteroatoms. The Bertz CT molecular complexity index is 766. The Balaban J connectivity index is 1.72. The van der Waals surface area contributed by atoms with Crippen LogP contribution in [0.4, 0.5) is 0 Å². The molecule has 0 bridgehead atoms. The lowest BCUT2D eigenvalue weighted by atomic mass is 10.0. The Morgan fingerprint density at radius 3 is 1.91 bits per heavy atom. The van der Waals surface area contributed by atoms with E-state index in [4.69, 9.17) is 4.74 Å². The zero-order chi connectivity index (χ0) is 15.9. The molecule has 0 amide bonds. The van der Waals surface area contributed by atoms with E-state index < -0.39 is 0 Å². The number of ether oxygens (including phenoxy) is 1. The van der Waals surface area contributed by atoms with Crippen LogP contribution in [0.5, 0.6) is 5.75 Å². The molecule has 3 aromatic rings. The summed E-state index contributed by atoms with van der Waals surface area (Å²) in [7, 11) is 0. The van der Waals surface area contributed by atoms with Gasteiger partial charge in [-0.2, -0.15) is 0 Å². The molecule has 0 aromatic heterocycles. The fraction of sp³-hybridized carbons (Fsp3) is 0.0500. The van der Waals surface area contributed by atoms with Crippen molar-refractivity contribution in [3.05, 3.63) is 102 Å². The van der Waals surface area contributed by atoms with Gasteiger partial charge >= 0.3 is 0 Å². The average Bonchev–Trinajstić information content (AvgIpc) is 2.63. The standard InChI is InChI=1S/C20H17NO2/c22-21-20(17-9-5-2-6-10-17)18-11-13-19(14-12-18)23-15-16-7-3-1-4-8-16/h1-14,22H,15H2/b21-20+. The van der Waals surface area contributed by atoms with E-state index in [1.807, 2.05) is 84.9 Å². The highest BCUT2D eigenvalue weighted by molar-refractivity contribution is 6.12. The molecule has 3 aromatic carbocycles. The van der Waals surface area contributed by atoms with Gasteiger partial charge in [-0.3, -0.25) is 0 Å². The summed E-state index contributed by atoms with van der Waals surface area (Å²) in [6.07, 6.45) is 0. The Labute approximate surface area is 135 Å². The summed E-state index contributed by atoms with van der Waals surface area (Å²) in [5.41, 5.74) is 3.37. The van der Waals surface area contributed by atoms with Crippen LogP contribution in [-0.4, -0.2) is 10.9 Å². The molecular weight excluding hydrogens is 286 g/mol. The van der Waals surface area contributed by atoms with Gasteiger partial charge in [0.15, 0.2) is 0 Å². The van der Waals surface area contributed by atoms with Crippen LogP contribution < -0.4 is 4.74 Å². The molecule has 0 aliphatic heterocycles. The van der Waals surface area contributed by atoms with Crippen molar-refractivity contribution in [2.45, 2.75) is 6.61 Å². The Hall–Kier alpha value is -3.07. The van der Waals surface area contributed by atoms with Crippen molar-refractivity contribution in [1.82, 2.24) is 0 Å². The second-order valence-electron chi connectivity index (χ2n) is 5.11. The van der Waals surface area contributed by atoms with E-state index in [1.165, 1.54) is 0 Å². The molecular formula is C20H17NO2. The van der Waals surface area contributed by atoms with E-state index in [0.717, 1.165) is 22.4 Å². The first kappa shape index (κ1) is 14.9. The number of oxime groups is 1. The Kier molecular flexibility index (Phi) is 4.69. The van der Waals surface area contributed by atoms with Crippen molar-refractivity contribution in [2.24, 2.45) is 5.16 Å².